The second-order valence-corrected chi connectivity index (χ2v) is 4.43. The molecule has 1 fully saturated rings. The van der Waals surface area contributed by atoms with Crippen LogP contribution in [0.25, 0.3) is 0 Å². The Labute approximate surface area is 94.9 Å². The molecule has 1 saturated carbocycles. The average Bonchev–Trinajstić information content (AvgIpc) is 2.76. The van der Waals surface area contributed by atoms with Crippen LogP contribution in [0.1, 0.15) is 31.2 Å². The van der Waals surface area contributed by atoms with Crippen LogP contribution < -0.4 is 5.32 Å². The van der Waals surface area contributed by atoms with E-state index in [0.717, 1.165) is 31.2 Å². The minimum Gasteiger partial charge on any atom is -0.326 e. The van der Waals surface area contributed by atoms with Gasteiger partial charge in [-0.2, -0.15) is 0 Å². The van der Waals surface area contributed by atoms with Gasteiger partial charge in [-0.25, -0.2) is 4.39 Å². The number of carbonyl (C=O) groups excluding carboxylic acids is 1. The van der Waals surface area contributed by atoms with Crippen LogP contribution in [0, 0.1) is 18.7 Å². The van der Waals surface area contributed by atoms with Gasteiger partial charge in [-0.1, -0.05) is 18.9 Å². The number of nitrogens with one attached hydrogen (secondary N) is 1. The monoisotopic (exact) mass is 221 g/mol. The van der Waals surface area contributed by atoms with Gasteiger partial charge in [-0.15, -0.1) is 0 Å². The molecule has 1 aromatic carbocycles. The van der Waals surface area contributed by atoms with Crippen molar-refractivity contribution >= 4 is 11.6 Å². The Morgan fingerprint density at radius 3 is 2.75 bits per heavy atom. The van der Waals surface area contributed by atoms with E-state index < -0.39 is 0 Å². The van der Waals surface area contributed by atoms with Gasteiger partial charge in [0.2, 0.25) is 5.91 Å². The summed E-state index contributed by atoms with van der Waals surface area (Å²) in [6.45, 7) is 1.86. The first kappa shape index (κ1) is 11.1. The molecule has 0 spiro atoms. The Bertz CT molecular complexity index is 397. The Morgan fingerprint density at radius 1 is 1.38 bits per heavy atom. The molecule has 0 radical (unpaired) electrons. The Hall–Kier alpha value is -1.38. The molecule has 0 aliphatic heterocycles. The lowest BCUT2D eigenvalue weighted by Crippen LogP contribution is -2.20. The van der Waals surface area contributed by atoms with Crippen molar-refractivity contribution in [3.05, 3.63) is 29.6 Å². The largest absolute Gasteiger partial charge is 0.326 e. The van der Waals surface area contributed by atoms with Crippen molar-refractivity contribution in [2.24, 2.45) is 5.92 Å². The normalized spacial score (nSPS) is 16.4. The first-order valence-electron chi connectivity index (χ1n) is 5.74. The molecule has 3 heteroatoms. The van der Waals surface area contributed by atoms with Crippen LogP contribution in [-0.2, 0) is 4.79 Å². The quantitative estimate of drug-likeness (QED) is 0.816. The molecule has 0 aromatic heterocycles. The van der Waals surface area contributed by atoms with Crippen LogP contribution in [0.5, 0.6) is 0 Å². The molecule has 0 saturated heterocycles. The van der Waals surface area contributed by atoms with Gasteiger partial charge >= 0.3 is 0 Å². The van der Waals surface area contributed by atoms with E-state index in [-0.39, 0.29) is 17.6 Å². The van der Waals surface area contributed by atoms with Crippen LogP contribution in [0.15, 0.2) is 18.2 Å². The highest BCUT2D eigenvalue weighted by Crippen LogP contribution is 2.26. The Kier molecular flexibility index (Phi) is 3.22. The van der Waals surface area contributed by atoms with Gasteiger partial charge in [0.15, 0.2) is 0 Å². The summed E-state index contributed by atoms with van der Waals surface area (Å²) in [6.07, 6.45) is 4.17. The molecule has 0 unspecified atom stereocenters. The lowest BCUT2D eigenvalue weighted by molar-refractivity contribution is -0.119. The van der Waals surface area contributed by atoms with Crippen molar-refractivity contribution in [1.82, 2.24) is 0 Å². The van der Waals surface area contributed by atoms with Crippen molar-refractivity contribution < 1.29 is 9.18 Å². The highest BCUT2D eigenvalue weighted by Gasteiger charge is 2.22. The molecule has 1 aliphatic rings. The van der Waals surface area contributed by atoms with Gasteiger partial charge in [-0.3, -0.25) is 4.79 Å². The zero-order valence-electron chi connectivity index (χ0n) is 9.42. The highest BCUT2D eigenvalue weighted by atomic mass is 19.1. The smallest absolute Gasteiger partial charge is 0.227 e. The second kappa shape index (κ2) is 4.64. The second-order valence-electron chi connectivity index (χ2n) is 4.43. The standard InChI is InChI=1S/C13H16FNO/c1-9-6-7-11(14)8-12(9)15-13(16)10-4-2-3-5-10/h6-8,10H,2-5H2,1H3,(H,15,16). The number of hydrogen-bond acceptors (Lipinski definition) is 1. The fourth-order valence-electron chi connectivity index (χ4n) is 2.15. The highest BCUT2D eigenvalue weighted by molar-refractivity contribution is 5.93. The number of carbonyl (C=O) groups is 1. The molecule has 86 valence electrons. The minimum atomic E-state index is -0.313. The van der Waals surface area contributed by atoms with Crippen molar-refractivity contribution in [2.75, 3.05) is 5.32 Å². The summed E-state index contributed by atoms with van der Waals surface area (Å²) in [4.78, 5) is 11.8. The SMILES string of the molecule is Cc1ccc(F)cc1NC(=O)C1CCCC1. The lowest BCUT2D eigenvalue weighted by Gasteiger charge is -2.12. The third-order valence-electron chi connectivity index (χ3n) is 3.18. The Morgan fingerprint density at radius 2 is 2.06 bits per heavy atom. The van der Waals surface area contributed by atoms with Crippen molar-refractivity contribution in [1.29, 1.82) is 0 Å². The van der Waals surface area contributed by atoms with E-state index in [1.165, 1.54) is 12.1 Å². The Balaban J connectivity index is 2.07. The third-order valence-corrected chi connectivity index (χ3v) is 3.18. The number of benzene rings is 1. The summed E-state index contributed by atoms with van der Waals surface area (Å²) >= 11 is 0. The lowest BCUT2D eigenvalue weighted by atomic mass is 10.1. The molecule has 0 bridgehead atoms. The average molecular weight is 221 g/mol. The predicted molar refractivity (Wildman–Crippen MR) is 61.7 cm³/mol. The molecule has 1 N–H and O–H groups in total. The first-order valence-corrected chi connectivity index (χ1v) is 5.74. The number of rotatable bonds is 2. The fourth-order valence-corrected chi connectivity index (χ4v) is 2.15. The number of amides is 1. The molecular weight excluding hydrogens is 205 g/mol. The van der Waals surface area contributed by atoms with E-state index in [2.05, 4.69) is 5.32 Å². The van der Waals surface area contributed by atoms with Crippen molar-refractivity contribution in [3.63, 3.8) is 0 Å². The van der Waals surface area contributed by atoms with Gasteiger partial charge in [0.1, 0.15) is 5.82 Å². The number of anilines is 1. The van der Waals surface area contributed by atoms with Gasteiger partial charge in [0.25, 0.3) is 0 Å². The van der Waals surface area contributed by atoms with Gasteiger partial charge in [-0.05, 0) is 37.5 Å². The van der Waals surface area contributed by atoms with E-state index in [4.69, 9.17) is 0 Å². The summed E-state index contributed by atoms with van der Waals surface area (Å²) in [6, 6.07) is 4.46. The number of hydrogen-bond donors (Lipinski definition) is 1. The maximum atomic E-state index is 13.0. The molecule has 2 nitrogen and oxygen atoms in total. The maximum absolute atomic E-state index is 13.0. The van der Waals surface area contributed by atoms with Crippen molar-refractivity contribution in [3.8, 4) is 0 Å². The minimum absolute atomic E-state index is 0.0335. The van der Waals surface area contributed by atoms with Crippen LogP contribution in [0.4, 0.5) is 10.1 Å². The van der Waals surface area contributed by atoms with Crippen LogP contribution in [-0.4, -0.2) is 5.91 Å². The zero-order chi connectivity index (χ0) is 11.5. The van der Waals surface area contributed by atoms with E-state index in [1.54, 1.807) is 6.07 Å². The molecule has 1 aromatic rings. The van der Waals surface area contributed by atoms with Gasteiger partial charge < -0.3 is 5.32 Å². The fraction of sp³-hybridized carbons (Fsp3) is 0.462. The summed E-state index contributed by atoms with van der Waals surface area (Å²) in [5, 5.41) is 2.81. The number of aryl methyl sites for hydroxylation is 1. The van der Waals surface area contributed by atoms with Gasteiger partial charge in [0.05, 0.1) is 0 Å². The van der Waals surface area contributed by atoms with E-state index in [0.29, 0.717) is 5.69 Å². The molecular formula is C13H16FNO. The first-order chi connectivity index (χ1) is 7.66. The van der Waals surface area contributed by atoms with Crippen LogP contribution >= 0.6 is 0 Å². The molecule has 0 atom stereocenters. The van der Waals surface area contributed by atoms with Crippen LogP contribution in [0.2, 0.25) is 0 Å². The van der Waals surface area contributed by atoms with Crippen molar-refractivity contribution in [2.45, 2.75) is 32.6 Å². The molecule has 0 heterocycles. The number of halogens is 1. The molecule has 2 rings (SSSR count). The van der Waals surface area contributed by atoms with E-state index in [9.17, 15) is 9.18 Å². The maximum Gasteiger partial charge on any atom is 0.227 e. The molecule has 16 heavy (non-hydrogen) atoms. The van der Waals surface area contributed by atoms with Crippen LogP contribution in [0.3, 0.4) is 0 Å². The predicted octanol–water partition coefficient (Wildman–Crippen LogP) is 3.26. The molecule has 1 amide bonds. The summed E-state index contributed by atoms with van der Waals surface area (Å²) in [5.41, 5.74) is 1.49. The summed E-state index contributed by atoms with van der Waals surface area (Å²) in [5.74, 6) is -0.166. The molecule has 1 aliphatic carbocycles. The topological polar surface area (TPSA) is 29.1 Å². The third kappa shape index (κ3) is 2.40. The summed E-state index contributed by atoms with van der Waals surface area (Å²) in [7, 11) is 0. The van der Waals surface area contributed by atoms with Gasteiger partial charge in [0, 0.05) is 11.6 Å². The van der Waals surface area contributed by atoms with E-state index >= 15 is 0 Å². The van der Waals surface area contributed by atoms with E-state index in [1.807, 2.05) is 6.92 Å². The summed E-state index contributed by atoms with van der Waals surface area (Å²) < 4.78 is 13.0. The zero-order valence-corrected chi connectivity index (χ0v) is 9.42.